The summed E-state index contributed by atoms with van der Waals surface area (Å²) in [5, 5.41) is 47.8. The van der Waals surface area contributed by atoms with Gasteiger partial charge in [-0.05, 0) is 0 Å². The summed E-state index contributed by atoms with van der Waals surface area (Å²) in [7, 11) is 0. The van der Waals surface area contributed by atoms with Gasteiger partial charge in [0.25, 0.3) is 0 Å². The van der Waals surface area contributed by atoms with Crippen LogP contribution in [0.1, 0.15) is 12.8 Å². The van der Waals surface area contributed by atoms with Gasteiger partial charge < -0.3 is 30.6 Å². The summed E-state index contributed by atoms with van der Waals surface area (Å²) in [6.07, 6.45) is -4.12. The van der Waals surface area contributed by atoms with Crippen LogP contribution < -0.4 is 0 Å². The Labute approximate surface area is 160 Å². The summed E-state index contributed by atoms with van der Waals surface area (Å²) in [4.78, 5) is 39.0. The van der Waals surface area contributed by atoms with Crippen molar-refractivity contribution in [2.45, 2.75) is 18.4 Å². The molecule has 0 saturated carbocycles. The highest BCUT2D eigenvalue weighted by molar-refractivity contribution is 5.88. The van der Waals surface area contributed by atoms with E-state index in [2.05, 4.69) is 0 Å². The SMILES string of the molecule is O=C(O)CC(O)(CC(=O)O)C(=O)O.O=C(O)O.[MgH2].[MgH2].[MgH2]. The number of hydrogen-bond acceptors (Lipinski definition) is 5. The normalized spacial score (nSPS) is 8.25. The number of hydrogen-bond donors (Lipinski definition) is 6. The van der Waals surface area contributed by atoms with Crippen LogP contribution >= 0.6 is 0 Å². The quantitative estimate of drug-likeness (QED) is 0.272. The fourth-order valence-electron chi connectivity index (χ4n) is 0.714. The summed E-state index contributed by atoms with van der Waals surface area (Å²) < 4.78 is 0. The highest BCUT2D eigenvalue weighted by Gasteiger charge is 2.40. The minimum absolute atomic E-state index is 0. The lowest BCUT2D eigenvalue weighted by molar-refractivity contribution is -0.170. The van der Waals surface area contributed by atoms with Crippen LogP contribution in [-0.4, -0.2) is 129 Å². The molecular weight excluding hydrogens is 317 g/mol. The third kappa shape index (κ3) is 20.3. The molecule has 0 aromatic heterocycles. The zero-order chi connectivity index (χ0) is 14.2. The van der Waals surface area contributed by atoms with Crippen molar-refractivity contribution < 1.29 is 49.8 Å². The van der Waals surface area contributed by atoms with Crippen LogP contribution in [0.2, 0.25) is 0 Å². The van der Waals surface area contributed by atoms with Crippen molar-refractivity contribution in [3.63, 3.8) is 0 Å². The first-order valence-corrected chi connectivity index (χ1v) is 3.82. The second-order valence-electron chi connectivity index (χ2n) is 2.76. The maximum Gasteiger partial charge on any atom is 0.503 e. The molecule has 13 heteroatoms. The van der Waals surface area contributed by atoms with E-state index in [-0.39, 0.29) is 69.2 Å². The maximum atomic E-state index is 10.3. The van der Waals surface area contributed by atoms with E-state index in [4.69, 9.17) is 35.4 Å². The molecule has 0 rings (SSSR count). The van der Waals surface area contributed by atoms with Crippen LogP contribution in [0.5, 0.6) is 0 Å². The molecule has 0 aliphatic rings. The average Bonchev–Trinajstić information content (AvgIpc) is 1.98. The Hall–Kier alpha value is -0.0613. The van der Waals surface area contributed by atoms with E-state index in [1.54, 1.807) is 0 Å². The van der Waals surface area contributed by atoms with E-state index in [0.29, 0.717) is 0 Å². The average molecular weight is 333 g/mol. The Morgan fingerprint density at radius 2 is 0.900 bits per heavy atom. The van der Waals surface area contributed by atoms with Crippen molar-refractivity contribution in [1.29, 1.82) is 0 Å². The minimum atomic E-state index is -2.74. The van der Waals surface area contributed by atoms with Crippen LogP contribution in [0.3, 0.4) is 0 Å². The molecule has 0 spiro atoms. The molecule has 20 heavy (non-hydrogen) atoms. The monoisotopic (exact) mass is 332 g/mol. The molecule has 0 radical (unpaired) electrons. The van der Waals surface area contributed by atoms with Gasteiger partial charge in [-0.2, -0.15) is 0 Å². The molecule has 0 fully saturated rings. The molecule has 0 atom stereocenters. The molecule has 6 N–H and O–H groups in total. The Bertz CT molecular complexity index is 311. The van der Waals surface area contributed by atoms with Gasteiger partial charge in [-0.25, -0.2) is 9.59 Å². The number of rotatable bonds is 5. The number of aliphatic hydroxyl groups is 1. The fourth-order valence-corrected chi connectivity index (χ4v) is 0.714. The molecular formula is C7H16Mg3O10. The summed E-state index contributed by atoms with van der Waals surface area (Å²) in [5.41, 5.74) is -2.74. The highest BCUT2D eigenvalue weighted by Crippen LogP contribution is 2.15. The fraction of sp³-hybridized carbons (Fsp3) is 0.429. The molecule has 0 amide bonds. The molecule has 0 aliphatic heterocycles. The van der Waals surface area contributed by atoms with E-state index in [0.717, 1.165) is 0 Å². The lowest BCUT2D eigenvalue weighted by Crippen LogP contribution is -2.42. The van der Waals surface area contributed by atoms with E-state index < -0.39 is 42.5 Å². The van der Waals surface area contributed by atoms with Gasteiger partial charge >= 0.3 is 93.2 Å². The first-order chi connectivity index (χ1) is 7.51. The van der Waals surface area contributed by atoms with Crippen molar-refractivity contribution in [1.82, 2.24) is 0 Å². The van der Waals surface area contributed by atoms with E-state index in [9.17, 15) is 14.4 Å². The van der Waals surface area contributed by atoms with E-state index >= 15 is 0 Å². The second kappa shape index (κ2) is 15.3. The second-order valence-corrected chi connectivity index (χ2v) is 2.76. The van der Waals surface area contributed by atoms with Gasteiger partial charge in [0.1, 0.15) is 0 Å². The Morgan fingerprint density at radius 1 is 0.700 bits per heavy atom. The molecule has 0 heterocycles. The zero-order valence-corrected chi connectivity index (χ0v) is 8.23. The van der Waals surface area contributed by atoms with Crippen LogP contribution in [0.15, 0.2) is 0 Å². The summed E-state index contributed by atoms with van der Waals surface area (Å²) >= 11 is 0. The molecule has 0 unspecified atom stereocenters. The van der Waals surface area contributed by atoms with Crippen molar-refractivity contribution in [3.8, 4) is 0 Å². The molecule has 0 aromatic rings. The first kappa shape index (κ1) is 32.0. The highest BCUT2D eigenvalue weighted by atomic mass is 24.3. The van der Waals surface area contributed by atoms with Gasteiger partial charge in [-0.3, -0.25) is 9.59 Å². The number of carboxylic acids is 3. The lowest BCUT2D eigenvalue weighted by Gasteiger charge is -2.18. The van der Waals surface area contributed by atoms with E-state index in [1.165, 1.54) is 0 Å². The minimum Gasteiger partial charge on any atom is -0.481 e. The van der Waals surface area contributed by atoms with Crippen LogP contribution in [0.25, 0.3) is 0 Å². The number of carboxylic acid groups (broad SMARTS) is 5. The Balaban J connectivity index is -0.0000000951. The number of aliphatic carboxylic acids is 3. The smallest absolute Gasteiger partial charge is 0.481 e. The lowest BCUT2D eigenvalue weighted by atomic mass is 9.96. The summed E-state index contributed by atoms with van der Waals surface area (Å²) in [6, 6.07) is 0. The third-order valence-electron chi connectivity index (χ3n) is 1.29. The predicted octanol–water partition coefficient (Wildman–Crippen LogP) is -3.77. The van der Waals surface area contributed by atoms with Gasteiger partial charge in [-0.1, -0.05) is 0 Å². The first-order valence-electron chi connectivity index (χ1n) is 3.82. The van der Waals surface area contributed by atoms with Crippen molar-refractivity contribution in [2.24, 2.45) is 0 Å². The largest absolute Gasteiger partial charge is 0.503 e. The van der Waals surface area contributed by atoms with Crippen LogP contribution in [0, 0.1) is 0 Å². The molecule has 10 nitrogen and oxygen atoms in total. The zero-order valence-electron chi connectivity index (χ0n) is 8.23. The van der Waals surface area contributed by atoms with Crippen LogP contribution in [-0.2, 0) is 14.4 Å². The molecule has 110 valence electrons. The predicted molar refractivity (Wildman–Crippen MR) is 73.4 cm³/mol. The van der Waals surface area contributed by atoms with E-state index in [1.807, 2.05) is 0 Å². The molecule has 0 saturated heterocycles. The number of carbonyl (C=O) groups is 4. The van der Waals surface area contributed by atoms with Crippen molar-refractivity contribution in [3.05, 3.63) is 0 Å². The topological polar surface area (TPSA) is 190 Å². The van der Waals surface area contributed by atoms with Gasteiger partial charge in [0.05, 0.1) is 12.8 Å². The van der Waals surface area contributed by atoms with Crippen molar-refractivity contribution >= 4 is 93.2 Å². The molecule has 0 aliphatic carbocycles. The Morgan fingerprint density at radius 3 is 1.00 bits per heavy atom. The van der Waals surface area contributed by atoms with Crippen molar-refractivity contribution in [2.75, 3.05) is 0 Å². The Kier molecular flexibility index (Phi) is 24.6. The van der Waals surface area contributed by atoms with Crippen LogP contribution in [0.4, 0.5) is 4.79 Å². The summed E-state index contributed by atoms with van der Waals surface area (Å²) in [5.74, 6) is -5.02. The summed E-state index contributed by atoms with van der Waals surface area (Å²) in [6.45, 7) is 0. The molecule has 0 bridgehead atoms. The van der Waals surface area contributed by atoms with Gasteiger partial charge in [0.15, 0.2) is 5.60 Å². The van der Waals surface area contributed by atoms with Gasteiger partial charge in [0, 0.05) is 0 Å². The standard InChI is InChI=1S/C6H8O7.CH2O3.3Mg.6H/c7-3(8)1-6(13,5(11)12)2-4(9)10;2-1(3)4;;;;;;;;;/h13H,1-2H2,(H,7,8)(H,9,10)(H,11,12);(H2,2,3,4);;;;;;;;;. The van der Waals surface area contributed by atoms with Gasteiger partial charge in [0.2, 0.25) is 0 Å². The third-order valence-corrected chi connectivity index (χ3v) is 1.29. The maximum absolute atomic E-state index is 10.3. The van der Waals surface area contributed by atoms with Gasteiger partial charge in [-0.15, -0.1) is 0 Å². The molecule has 0 aromatic carbocycles.